The molecule has 2 unspecified atom stereocenters. The first-order chi connectivity index (χ1) is 12.6. The second-order valence-electron chi connectivity index (χ2n) is 10.1. The van der Waals surface area contributed by atoms with Gasteiger partial charge in [-0.25, -0.2) is 0 Å². The SMILES string of the molecule is CC1CCCCCCCCCCCCC1(O)C1(C)CCCCCCCC1. The smallest absolute Gasteiger partial charge is 0.0726 e. The Morgan fingerprint density at radius 1 is 0.538 bits per heavy atom. The van der Waals surface area contributed by atoms with Gasteiger partial charge in [0.2, 0.25) is 0 Å². The van der Waals surface area contributed by atoms with Crippen molar-refractivity contribution in [2.24, 2.45) is 11.3 Å². The van der Waals surface area contributed by atoms with Crippen LogP contribution in [-0.4, -0.2) is 10.7 Å². The Hall–Kier alpha value is -0.0400. The third-order valence-corrected chi connectivity index (χ3v) is 8.01. The second kappa shape index (κ2) is 11.7. The molecule has 2 fully saturated rings. The van der Waals surface area contributed by atoms with Crippen LogP contribution < -0.4 is 0 Å². The Labute approximate surface area is 164 Å². The summed E-state index contributed by atoms with van der Waals surface area (Å²) in [5.41, 5.74) is -0.310. The molecule has 1 heteroatoms. The summed E-state index contributed by atoms with van der Waals surface area (Å²) < 4.78 is 0. The molecule has 0 spiro atoms. The highest BCUT2D eigenvalue weighted by Gasteiger charge is 2.48. The molecule has 2 aliphatic carbocycles. The molecular formula is C25H48O. The van der Waals surface area contributed by atoms with Crippen molar-refractivity contribution in [3.63, 3.8) is 0 Å². The van der Waals surface area contributed by atoms with Gasteiger partial charge in [-0.3, -0.25) is 0 Å². The highest BCUT2D eigenvalue weighted by Crippen LogP contribution is 2.50. The van der Waals surface area contributed by atoms with Crippen molar-refractivity contribution < 1.29 is 5.11 Å². The Bertz CT molecular complexity index is 353. The van der Waals surface area contributed by atoms with E-state index in [4.69, 9.17) is 0 Å². The number of hydrogen-bond acceptors (Lipinski definition) is 1. The van der Waals surface area contributed by atoms with Gasteiger partial charge < -0.3 is 5.11 Å². The number of rotatable bonds is 1. The van der Waals surface area contributed by atoms with E-state index in [9.17, 15) is 5.11 Å². The van der Waals surface area contributed by atoms with Crippen molar-refractivity contribution in [2.45, 2.75) is 148 Å². The molecule has 0 radical (unpaired) electrons. The van der Waals surface area contributed by atoms with E-state index in [2.05, 4.69) is 13.8 Å². The van der Waals surface area contributed by atoms with Crippen LogP contribution in [0, 0.1) is 11.3 Å². The van der Waals surface area contributed by atoms with Gasteiger partial charge in [-0.05, 0) is 37.0 Å². The van der Waals surface area contributed by atoms with Crippen molar-refractivity contribution in [2.75, 3.05) is 0 Å². The highest BCUT2D eigenvalue weighted by molar-refractivity contribution is 4.99. The van der Waals surface area contributed by atoms with Crippen LogP contribution in [-0.2, 0) is 0 Å². The van der Waals surface area contributed by atoms with Gasteiger partial charge in [-0.15, -0.1) is 0 Å². The Morgan fingerprint density at radius 2 is 0.885 bits per heavy atom. The summed E-state index contributed by atoms with van der Waals surface area (Å²) in [5.74, 6) is 0.455. The van der Waals surface area contributed by atoms with Crippen LogP contribution in [0.4, 0.5) is 0 Å². The van der Waals surface area contributed by atoms with Gasteiger partial charge in [0.15, 0.2) is 0 Å². The Balaban J connectivity index is 2.09. The minimum absolute atomic E-state index is 0.133. The second-order valence-corrected chi connectivity index (χ2v) is 10.1. The molecule has 0 aliphatic heterocycles. The summed E-state index contributed by atoms with van der Waals surface area (Å²) >= 11 is 0. The third kappa shape index (κ3) is 6.54. The zero-order valence-electron chi connectivity index (χ0n) is 18.2. The van der Waals surface area contributed by atoms with E-state index in [1.54, 1.807) is 0 Å². The van der Waals surface area contributed by atoms with Gasteiger partial charge in [0.05, 0.1) is 5.60 Å². The molecule has 2 atom stereocenters. The molecule has 0 saturated heterocycles. The molecular weight excluding hydrogens is 316 g/mol. The van der Waals surface area contributed by atoms with Crippen molar-refractivity contribution in [1.82, 2.24) is 0 Å². The lowest BCUT2D eigenvalue weighted by molar-refractivity contribution is -0.133. The molecule has 26 heavy (non-hydrogen) atoms. The summed E-state index contributed by atoms with van der Waals surface area (Å²) in [6.45, 7) is 4.84. The maximum atomic E-state index is 12.1. The van der Waals surface area contributed by atoms with Crippen LogP contribution in [0.2, 0.25) is 0 Å². The largest absolute Gasteiger partial charge is 0.389 e. The summed E-state index contributed by atoms with van der Waals surface area (Å²) in [6, 6.07) is 0. The van der Waals surface area contributed by atoms with Crippen LogP contribution >= 0.6 is 0 Å². The van der Waals surface area contributed by atoms with Gasteiger partial charge >= 0.3 is 0 Å². The van der Waals surface area contributed by atoms with Crippen molar-refractivity contribution >= 4 is 0 Å². The molecule has 2 aliphatic rings. The fraction of sp³-hybridized carbons (Fsp3) is 1.00. The lowest BCUT2D eigenvalue weighted by Crippen LogP contribution is -2.51. The van der Waals surface area contributed by atoms with Crippen LogP contribution in [0.1, 0.15) is 142 Å². The minimum Gasteiger partial charge on any atom is -0.389 e. The quantitative estimate of drug-likeness (QED) is 0.497. The average Bonchev–Trinajstić information content (AvgIpc) is 2.74. The van der Waals surface area contributed by atoms with Gasteiger partial charge in [-0.1, -0.05) is 117 Å². The standard InChI is InChI=1S/C25H48O/c1-23-19-15-11-7-5-3-4-6-8-14-18-22-25(23,26)24(2)20-16-12-9-10-13-17-21-24/h23,26H,3-22H2,1-2H3. The predicted molar refractivity (Wildman–Crippen MR) is 115 cm³/mol. The summed E-state index contributed by atoms with van der Waals surface area (Å²) in [5, 5.41) is 12.1. The topological polar surface area (TPSA) is 20.2 Å². The van der Waals surface area contributed by atoms with Crippen molar-refractivity contribution in [3.8, 4) is 0 Å². The van der Waals surface area contributed by atoms with Crippen LogP contribution in [0.15, 0.2) is 0 Å². The summed E-state index contributed by atoms with van der Waals surface area (Å²) in [6.07, 6.45) is 26.7. The fourth-order valence-corrected chi connectivity index (χ4v) is 5.94. The lowest BCUT2D eigenvalue weighted by atomic mass is 9.60. The van der Waals surface area contributed by atoms with Gasteiger partial charge in [-0.2, -0.15) is 0 Å². The molecule has 0 amide bonds. The number of aliphatic hydroxyl groups is 1. The Morgan fingerprint density at radius 3 is 1.35 bits per heavy atom. The summed E-state index contributed by atoms with van der Waals surface area (Å²) in [4.78, 5) is 0. The minimum atomic E-state index is -0.443. The summed E-state index contributed by atoms with van der Waals surface area (Å²) in [7, 11) is 0. The lowest BCUT2D eigenvalue weighted by Gasteiger charge is -2.50. The first kappa shape index (κ1) is 22.3. The predicted octanol–water partition coefficient (Wildman–Crippen LogP) is 8.19. The monoisotopic (exact) mass is 364 g/mol. The van der Waals surface area contributed by atoms with E-state index < -0.39 is 5.60 Å². The van der Waals surface area contributed by atoms with E-state index in [0.717, 1.165) is 6.42 Å². The van der Waals surface area contributed by atoms with E-state index in [1.165, 1.54) is 122 Å². The van der Waals surface area contributed by atoms with E-state index in [1.807, 2.05) is 0 Å². The molecule has 0 aromatic carbocycles. The highest BCUT2D eigenvalue weighted by atomic mass is 16.3. The fourth-order valence-electron chi connectivity index (χ4n) is 5.94. The zero-order valence-corrected chi connectivity index (χ0v) is 18.2. The van der Waals surface area contributed by atoms with Crippen LogP contribution in [0.3, 0.4) is 0 Å². The van der Waals surface area contributed by atoms with Gasteiger partial charge in [0.1, 0.15) is 0 Å². The molecule has 1 nitrogen and oxygen atoms in total. The van der Waals surface area contributed by atoms with Gasteiger partial charge in [0, 0.05) is 0 Å². The Kier molecular flexibility index (Phi) is 10.0. The average molecular weight is 365 g/mol. The van der Waals surface area contributed by atoms with E-state index in [0.29, 0.717) is 5.92 Å². The van der Waals surface area contributed by atoms with Crippen molar-refractivity contribution in [1.29, 1.82) is 0 Å². The molecule has 0 bridgehead atoms. The van der Waals surface area contributed by atoms with Gasteiger partial charge in [0.25, 0.3) is 0 Å². The molecule has 2 saturated carbocycles. The molecule has 0 aromatic rings. The maximum absolute atomic E-state index is 12.1. The zero-order chi connectivity index (χ0) is 18.7. The maximum Gasteiger partial charge on any atom is 0.0726 e. The molecule has 0 heterocycles. The molecule has 0 aromatic heterocycles. The number of hydrogen-bond donors (Lipinski definition) is 1. The van der Waals surface area contributed by atoms with Crippen LogP contribution in [0.5, 0.6) is 0 Å². The van der Waals surface area contributed by atoms with E-state index in [-0.39, 0.29) is 5.41 Å². The van der Waals surface area contributed by atoms with E-state index >= 15 is 0 Å². The molecule has 2 rings (SSSR count). The molecule has 1 N–H and O–H groups in total. The first-order valence-corrected chi connectivity index (χ1v) is 12.3. The van der Waals surface area contributed by atoms with Crippen molar-refractivity contribution in [3.05, 3.63) is 0 Å². The first-order valence-electron chi connectivity index (χ1n) is 12.3. The normalized spacial score (nSPS) is 34.0. The molecule has 154 valence electrons. The third-order valence-electron chi connectivity index (χ3n) is 8.01. The van der Waals surface area contributed by atoms with Crippen LogP contribution in [0.25, 0.3) is 0 Å².